The van der Waals surface area contributed by atoms with Crippen molar-refractivity contribution >= 4 is 5.78 Å². The summed E-state index contributed by atoms with van der Waals surface area (Å²) in [5.41, 5.74) is -0.216. The third-order valence-electron chi connectivity index (χ3n) is 3.66. The smallest absolute Gasteiger partial charge is 0.182 e. The van der Waals surface area contributed by atoms with E-state index in [0.717, 1.165) is 38.8 Å². The molecule has 2 rings (SSSR count). The van der Waals surface area contributed by atoms with E-state index in [0.29, 0.717) is 12.2 Å². The second kappa shape index (κ2) is 5.56. The molecule has 18 heavy (non-hydrogen) atoms. The standard InChI is InChI=1S/C12H21N5O/c1-3-5-12(6-4-7-13-9-12)10(18)8-11-14-16-17(2)15-11/h13H,3-9H2,1-2H3. The average molecular weight is 251 g/mol. The number of aromatic nitrogens is 4. The number of hydrogen-bond donors (Lipinski definition) is 1. The number of carbonyl (C=O) groups excluding carboxylic acids is 1. The quantitative estimate of drug-likeness (QED) is 0.824. The van der Waals surface area contributed by atoms with Crippen LogP contribution in [0.15, 0.2) is 0 Å². The first-order chi connectivity index (χ1) is 8.66. The molecule has 6 nitrogen and oxygen atoms in total. The van der Waals surface area contributed by atoms with Gasteiger partial charge in [0.05, 0.1) is 13.5 Å². The Labute approximate surface area is 107 Å². The van der Waals surface area contributed by atoms with Gasteiger partial charge in [-0.25, -0.2) is 0 Å². The van der Waals surface area contributed by atoms with E-state index in [1.807, 2.05) is 0 Å². The van der Waals surface area contributed by atoms with Crippen LogP contribution in [0.5, 0.6) is 0 Å². The Bertz CT molecular complexity index is 403. The third-order valence-corrected chi connectivity index (χ3v) is 3.66. The number of tetrazole rings is 1. The molecule has 0 saturated carbocycles. The van der Waals surface area contributed by atoms with Crippen LogP contribution >= 0.6 is 0 Å². The first-order valence-electron chi connectivity index (χ1n) is 6.63. The lowest BCUT2D eigenvalue weighted by Crippen LogP contribution is -2.46. The van der Waals surface area contributed by atoms with Crippen LogP contribution in [0.3, 0.4) is 0 Å². The van der Waals surface area contributed by atoms with Gasteiger partial charge in [0.2, 0.25) is 0 Å². The van der Waals surface area contributed by atoms with Gasteiger partial charge in [0.15, 0.2) is 5.82 Å². The lowest BCUT2D eigenvalue weighted by atomic mass is 9.72. The van der Waals surface area contributed by atoms with Crippen molar-refractivity contribution in [3.63, 3.8) is 0 Å². The van der Waals surface area contributed by atoms with Crippen LogP contribution < -0.4 is 5.32 Å². The van der Waals surface area contributed by atoms with Gasteiger partial charge in [0.25, 0.3) is 0 Å². The number of hydrogen-bond acceptors (Lipinski definition) is 5. The molecule has 2 heterocycles. The number of piperidine rings is 1. The maximum Gasteiger partial charge on any atom is 0.182 e. The minimum atomic E-state index is -0.216. The molecule has 0 radical (unpaired) electrons. The summed E-state index contributed by atoms with van der Waals surface area (Å²) < 4.78 is 0. The number of rotatable bonds is 5. The molecule has 0 amide bonds. The van der Waals surface area contributed by atoms with Crippen LogP contribution in [-0.2, 0) is 18.3 Å². The molecule has 0 aliphatic carbocycles. The van der Waals surface area contributed by atoms with Crippen molar-refractivity contribution in [3.8, 4) is 0 Å². The van der Waals surface area contributed by atoms with E-state index >= 15 is 0 Å². The number of nitrogens with one attached hydrogen (secondary N) is 1. The number of carbonyl (C=O) groups is 1. The minimum absolute atomic E-state index is 0.216. The highest BCUT2D eigenvalue weighted by atomic mass is 16.1. The molecule has 1 unspecified atom stereocenters. The molecule has 1 saturated heterocycles. The predicted molar refractivity (Wildman–Crippen MR) is 67.0 cm³/mol. The van der Waals surface area contributed by atoms with E-state index < -0.39 is 0 Å². The summed E-state index contributed by atoms with van der Waals surface area (Å²) in [6.45, 7) is 3.94. The molecule has 6 heteroatoms. The molecule has 0 bridgehead atoms. The number of ketones is 1. The van der Waals surface area contributed by atoms with E-state index in [9.17, 15) is 4.79 Å². The molecule has 1 N–H and O–H groups in total. The van der Waals surface area contributed by atoms with Crippen LogP contribution in [0.2, 0.25) is 0 Å². The predicted octanol–water partition coefficient (Wildman–Crippen LogP) is 0.492. The second-order valence-corrected chi connectivity index (χ2v) is 5.11. The first kappa shape index (κ1) is 13.1. The van der Waals surface area contributed by atoms with Crippen molar-refractivity contribution in [1.82, 2.24) is 25.5 Å². The van der Waals surface area contributed by atoms with Gasteiger partial charge in [-0.05, 0) is 31.0 Å². The van der Waals surface area contributed by atoms with E-state index in [1.54, 1.807) is 7.05 Å². The van der Waals surface area contributed by atoms with Crippen LogP contribution in [0.4, 0.5) is 0 Å². The lowest BCUT2D eigenvalue weighted by molar-refractivity contribution is -0.129. The largest absolute Gasteiger partial charge is 0.316 e. The van der Waals surface area contributed by atoms with Gasteiger partial charge in [0.1, 0.15) is 5.78 Å². The molecule has 1 aliphatic heterocycles. The van der Waals surface area contributed by atoms with Gasteiger partial charge >= 0.3 is 0 Å². The highest BCUT2D eigenvalue weighted by Crippen LogP contribution is 2.33. The highest BCUT2D eigenvalue weighted by molar-refractivity contribution is 5.86. The SMILES string of the molecule is CCCC1(C(=O)Cc2nnn(C)n2)CCCNC1. The van der Waals surface area contributed by atoms with Crippen molar-refractivity contribution < 1.29 is 4.79 Å². The molecule has 0 aromatic carbocycles. The van der Waals surface area contributed by atoms with Gasteiger partial charge in [0, 0.05) is 12.0 Å². The molecule has 1 aromatic rings. The van der Waals surface area contributed by atoms with Crippen LogP contribution in [0, 0.1) is 5.41 Å². The maximum atomic E-state index is 12.5. The van der Waals surface area contributed by atoms with Crippen molar-refractivity contribution in [2.24, 2.45) is 12.5 Å². The summed E-state index contributed by atoms with van der Waals surface area (Å²) in [6.07, 6.45) is 4.32. The van der Waals surface area contributed by atoms with Crippen LogP contribution in [0.25, 0.3) is 0 Å². The normalized spacial score (nSPS) is 24.1. The fourth-order valence-electron chi connectivity index (χ4n) is 2.76. The first-order valence-corrected chi connectivity index (χ1v) is 6.63. The Morgan fingerprint density at radius 3 is 2.94 bits per heavy atom. The van der Waals surface area contributed by atoms with Gasteiger partial charge in [-0.3, -0.25) is 4.79 Å². The summed E-state index contributed by atoms with van der Waals surface area (Å²) in [7, 11) is 1.71. The van der Waals surface area contributed by atoms with Gasteiger partial charge in [-0.15, -0.1) is 10.2 Å². The molecule has 1 aromatic heterocycles. The summed E-state index contributed by atoms with van der Waals surface area (Å²) in [6, 6.07) is 0. The third kappa shape index (κ3) is 2.75. The molecule has 0 spiro atoms. The van der Waals surface area contributed by atoms with E-state index in [-0.39, 0.29) is 11.2 Å². The monoisotopic (exact) mass is 251 g/mol. The molecular formula is C12H21N5O. The molecule has 100 valence electrons. The van der Waals surface area contributed by atoms with Crippen molar-refractivity contribution in [1.29, 1.82) is 0 Å². The minimum Gasteiger partial charge on any atom is -0.316 e. The Balaban J connectivity index is 2.08. The number of nitrogens with zero attached hydrogens (tertiary/aromatic N) is 4. The zero-order chi connectivity index (χ0) is 13.0. The average Bonchev–Trinajstić information content (AvgIpc) is 2.76. The molecule has 1 aliphatic rings. The van der Waals surface area contributed by atoms with Gasteiger partial charge < -0.3 is 5.32 Å². The van der Waals surface area contributed by atoms with E-state index in [2.05, 4.69) is 27.7 Å². The molecular weight excluding hydrogens is 230 g/mol. The van der Waals surface area contributed by atoms with Crippen LogP contribution in [-0.4, -0.2) is 39.1 Å². The molecule has 1 atom stereocenters. The number of Topliss-reactive ketones (excluding diaryl/α,β-unsaturated/α-hetero) is 1. The fraction of sp³-hybridized carbons (Fsp3) is 0.833. The highest BCUT2D eigenvalue weighted by Gasteiger charge is 2.38. The lowest BCUT2D eigenvalue weighted by Gasteiger charge is -2.36. The van der Waals surface area contributed by atoms with Crippen molar-refractivity contribution in [3.05, 3.63) is 5.82 Å². The Hall–Kier alpha value is -1.30. The zero-order valence-corrected chi connectivity index (χ0v) is 11.1. The second-order valence-electron chi connectivity index (χ2n) is 5.11. The summed E-state index contributed by atoms with van der Waals surface area (Å²) in [5, 5.41) is 15.1. The summed E-state index contributed by atoms with van der Waals surface area (Å²) >= 11 is 0. The Morgan fingerprint density at radius 1 is 1.56 bits per heavy atom. The maximum absolute atomic E-state index is 12.5. The number of aryl methyl sites for hydroxylation is 1. The van der Waals surface area contributed by atoms with E-state index in [4.69, 9.17) is 0 Å². The fourth-order valence-corrected chi connectivity index (χ4v) is 2.76. The Morgan fingerprint density at radius 2 is 2.39 bits per heavy atom. The summed E-state index contributed by atoms with van der Waals surface area (Å²) in [4.78, 5) is 13.9. The summed E-state index contributed by atoms with van der Waals surface area (Å²) in [5.74, 6) is 0.785. The van der Waals surface area contributed by atoms with E-state index in [1.165, 1.54) is 4.80 Å². The topological polar surface area (TPSA) is 72.7 Å². The zero-order valence-electron chi connectivity index (χ0n) is 11.1. The van der Waals surface area contributed by atoms with Gasteiger partial charge in [-0.2, -0.15) is 4.80 Å². The Kier molecular flexibility index (Phi) is 4.06. The van der Waals surface area contributed by atoms with Crippen molar-refractivity contribution in [2.75, 3.05) is 13.1 Å². The van der Waals surface area contributed by atoms with Crippen LogP contribution in [0.1, 0.15) is 38.4 Å². The van der Waals surface area contributed by atoms with Gasteiger partial charge in [-0.1, -0.05) is 13.3 Å². The van der Waals surface area contributed by atoms with Crippen molar-refractivity contribution in [2.45, 2.75) is 39.0 Å². The molecule has 1 fully saturated rings.